The van der Waals surface area contributed by atoms with Crippen molar-refractivity contribution in [3.05, 3.63) is 40.2 Å². The molecule has 0 fully saturated rings. The molecule has 9 heteroatoms. The number of hydrogen-bond acceptors (Lipinski definition) is 5. The Balaban J connectivity index is 3.14. The standard InChI is InChI=1S/C12H10BrF3N2O3/c1-2-21-11(20)9(10(19)12(14,15)16)18-17-8-5-3-7(13)4-6-8/h3-6,19H,2H2,1H3/b10-9-,18-17?. The van der Waals surface area contributed by atoms with E-state index in [1.807, 2.05) is 0 Å². The number of rotatable bonds is 4. The molecule has 0 unspecified atom stereocenters. The lowest BCUT2D eigenvalue weighted by Gasteiger charge is -2.08. The van der Waals surface area contributed by atoms with Crippen molar-refractivity contribution in [2.24, 2.45) is 10.2 Å². The average molecular weight is 367 g/mol. The van der Waals surface area contributed by atoms with E-state index in [0.717, 1.165) is 4.47 Å². The molecule has 1 aromatic carbocycles. The minimum absolute atomic E-state index is 0.165. The Hall–Kier alpha value is -1.90. The zero-order valence-electron chi connectivity index (χ0n) is 10.7. The molecule has 1 N–H and O–H groups in total. The van der Waals surface area contributed by atoms with Crippen molar-refractivity contribution in [1.82, 2.24) is 0 Å². The van der Waals surface area contributed by atoms with Gasteiger partial charge >= 0.3 is 12.1 Å². The van der Waals surface area contributed by atoms with Gasteiger partial charge in [0, 0.05) is 4.47 Å². The van der Waals surface area contributed by atoms with Crippen LogP contribution in [0.5, 0.6) is 0 Å². The van der Waals surface area contributed by atoms with Gasteiger partial charge in [-0.05, 0) is 31.2 Å². The maximum Gasteiger partial charge on any atom is 0.451 e. The molecule has 0 bridgehead atoms. The Morgan fingerprint density at radius 2 is 1.90 bits per heavy atom. The normalized spacial score (nSPS) is 13.2. The molecule has 0 aromatic heterocycles. The van der Waals surface area contributed by atoms with Crippen LogP contribution in [0.1, 0.15) is 6.92 Å². The summed E-state index contributed by atoms with van der Waals surface area (Å²) in [6, 6.07) is 6.10. The number of benzene rings is 1. The number of nitrogens with zero attached hydrogens (tertiary/aromatic N) is 2. The van der Waals surface area contributed by atoms with Crippen LogP contribution in [0, 0.1) is 0 Å². The van der Waals surface area contributed by atoms with Gasteiger partial charge in [-0.3, -0.25) is 0 Å². The number of aliphatic hydroxyl groups is 1. The summed E-state index contributed by atoms with van der Waals surface area (Å²) in [5, 5.41) is 15.7. The topological polar surface area (TPSA) is 71.2 Å². The van der Waals surface area contributed by atoms with E-state index < -0.39 is 23.6 Å². The summed E-state index contributed by atoms with van der Waals surface area (Å²) in [6.07, 6.45) is -5.12. The average Bonchev–Trinajstić information content (AvgIpc) is 2.40. The Morgan fingerprint density at radius 3 is 2.38 bits per heavy atom. The fraction of sp³-hybridized carbons (Fsp3) is 0.250. The van der Waals surface area contributed by atoms with Crippen LogP contribution < -0.4 is 0 Å². The summed E-state index contributed by atoms with van der Waals surface area (Å²) >= 11 is 3.17. The minimum atomic E-state index is -5.12. The van der Waals surface area contributed by atoms with Crippen LogP contribution in [0.25, 0.3) is 0 Å². The molecule has 0 spiro atoms. The summed E-state index contributed by atoms with van der Waals surface area (Å²) in [6.45, 7) is 1.24. The minimum Gasteiger partial charge on any atom is -0.502 e. The summed E-state index contributed by atoms with van der Waals surface area (Å²) in [5.74, 6) is -3.56. The van der Waals surface area contributed by atoms with Gasteiger partial charge in [-0.1, -0.05) is 15.9 Å². The fourth-order valence-electron chi connectivity index (χ4n) is 1.13. The quantitative estimate of drug-likeness (QED) is 0.371. The molecule has 5 nitrogen and oxygen atoms in total. The molecule has 0 radical (unpaired) electrons. The van der Waals surface area contributed by atoms with Gasteiger partial charge in [-0.25, -0.2) is 4.79 Å². The third-order valence-corrected chi connectivity index (χ3v) is 2.58. The highest BCUT2D eigenvalue weighted by molar-refractivity contribution is 9.10. The van der Waals surface area contributed by atoms with Crippen molar-refractivity contribution in [2.45, 2.75) is 13.1 Å². The maximum absolute atomic E-state index is 12.5. The zero-order valence-corrected chi connectivity index (χ0v) is 12.3. The third kappa shape index (κ3) is 5.18. The molecule has 0 amide bonds. The monoisotopic (exact) mass is 366 g/mol. The molecule has 0 saturated carbocycles. The van der Waals surface area contributed by atoms with Crippen LogP contribution >= 0.6 is 15.9 Å². The summed E-state index contributed by atoms with van der Waals surface area (Å²) in [7, 11) is 0. The van der Waals surface area contributed by atoms with Crippen LogP contribution in [0.2, 0.25) is 0 Å². The van der Waals surface area contributed by atoms with E-state index in [2.05, 4.69) is 30.9 Å². The Morgan fingerprint density at radius 1 is 1.33 bits per heavy atom. The molecular weight excluding hydrogens is 357 g/mol. The largest absolute Gasteiger partial charge is 0.502 e. The van der Waals surface area contributed by atoms with Gasteiger partial charge in [0.25, 0.3) is 0 Å². The number of hydrogen-bond donors (Lipinski definition) is 1. The molecule has 0 atom stereocenters. The van der Waals surface area contributed by atoms with Gasteiger partial charge in [-0.15, -0.1) is 5.11 Å². The lowest BCUT2D eigenvalue weighted by atomic mass is 10.3. The number of carbonyl (C=O) groups is 1. The number of allylic oxidation sites excluding steroid dienone is 1. The van der Waals surface area contributed by atoms with Crippen LogP contribution in [-0.4, -0.2) is 23.9 Å². The molecule has 0 aliphatic heterocycles. The number of carbonyl (C=O) groups excluding carboxylic acids is 1. The smallest absolute Gasteiger partial charge is 0.451 e. The lowest BCUT2D eigenvalue weighted by molar-refractivity contribution is -0.143. The van der Waals surface area contributed by atoms with Gasteiger partial charge in [-0.2, -0.15) is 18.3 Å². The second kappa shape index (κ2) is 7.21. The number of ether oxygens (including phenoxy) is 1. The molecule has 0 aliphatic carbocycles. The summed E-state index contributed by atoms with van der Waals surface area (Å²) in [4.78, 5) is 11.4. The zero-order chi connectivity index (χ0) is 16.0. The van der Waals surface area contributed by atoms with Crippen LogP contribution in [0.15, 0.2) is 50.4 Å². The number of azo groups is 1. The van der Waals surface area contributed by atoms with Crippen LogP contribution in [0.3, 0.4) is 0 Å². The summed E-state index contributed by atoms with van der Waals surface area (Å²) in [5.41, 5.74) is -1.10. The Labute approximate surface area is 126 Å². The molecule has 0 aliphatic rings. The highest BCUT2D eigenvalue weighted by Crippen LogP contribution is 2.28. The Bertz CT molecular complexity index is 568. The summed E-state index contributed by atoms with van der Waals surface area (Å²) < 4.78 is 42.5. The molecular formula is C12H10BrF3N2O3. The first-order valence-electron chi connectivity index (χ1n) is 5.60. The van der Waals surface area contributed by atoms with E-state index in [9.17, 15) is 18.0 Å². The van der Waals surface area contributed by atoms with Crippen molar-refractivity contribution in [2.75, 3.05) is 6.61 Å². The van der Waals surface area contributed by atoms with E-state index in [1.54, 1.807) is 12.1 Å². The molecule has 1 aromatic rings. The van der Waals surface area contributed by atoms with Gasteiger partial charge in [0.1, 0.15) is 0 Å². The predicted molar refractivity (Wildman–Crippen MR) is 71.0 cm³/mol. The second-order valence-electron chi connectivity index (χ2n) is 3.59. The predicted octanol–water partition coefficient (Wildman–Crippen LogP) is 4.43. The molecule has 0 heterocycles. The first-order chi connectivity index (χ1) is 9.75. The van der Waals surface area contributed by atoms with Gasteiger partial charge < -0.3 is 9.84 Å². The van der Waals surface area contributed by atoms with Crippen LogP contribution in [0.4, 0.5) is 18.9 Å². The van der Waals surface area contributed by atoms with Gasteiger partial charge in [0.15, 0.2) is 0 Å². The van der Waals surface area contributed by atoms with Crippen molar-refractivity contribution in [1.29, 1.82) is 0 Å². The molecule has 1 rings (SSSR count). The number of alkyl halides is 3. The third-order valence-electron chi connectivity index (χ3n) is 2.05. The molecule has 0 saturated heterocycles. The number of aliphatic hydroxyl groups excluding tert-OH is 1. The van der Waals surface area contributed by atoms with E-state index in [-0.39, 0.29) is 12.3 Å². The number of halogens is 4. The highest BCUT2D eigenvalue weighted by Gasteiger charge is 2.39. The highest BCUT2D eigenvalue weighted by atomic mass is 79.9. The molecule has 21 heavy (non-hydrogen) atoms. The fourth-order valence-corrected chi connectivity index (χ4v) is 1.40. The van der Waals surface area contributed by atoms with E-state index >= 15 is 0 Å². The van der Waals surface area contributed by atoms with Gasteiger partial charge in [0.2, 0.25) is 11.5 Å². The first-order valence-corrected chi connectivity index (χ1v) is 6.40. The molecule has 114 valence electrons. The van der Waals surface area contributed by atoms with E-state index in [0.29, 0.717) is 0 Å². The maximum atomic E-state index is 12.5. The SMILES string of the molecule is CCOC(=O)/C(N=Nc1ccc(Br)cc1)=C(/O)C(F)(F)F. The first kappa shape index (κ1) is 17.2. The van der Waals surface area contributed by atoms with E-state index in [1.165, 1.54) is 19.1 Å². The Kier molecular flexibility index (Phi) is 5.89. The van der Waals surface area contributed by atoms with Gasteiger partial charge in [0.05, 0.1) is 12.3 Å². The number of esters is 1. The van der Waals surface area contributed by atoms with Crippen molar-refractivity contribution >= 4 is 27.6 Å². The lowest BCUT2D eigenvalue weighted by Crippen LogP contribution is -2.18. The second-order valence-corrected chi connectivity index (χ2v) is 4.51. The van der Waals surface area contributed by atoms with E-state index in [4.69, 9.17) is 5.11 Å². The van der Waals surface area contributed by atoms with Crippen molar-refractivity contribution in [3.8, 4) is 0 Å². The van der Waals surface area contributed by atoms with Crippen molar-refractivity contribution < 1.29 is 27.8 Å². The van der Waals surface area contributed by atoms with Crippen LogP contribution in [-0.2, 0) is 9.53 Å². The van der Waals surface area contributed by atoms with Crippen molar-refractivity contribution in [3.63, 3.8) is 0 Å².